The first-order chi connectivity index (χ1) is 13.1. The van der Waals surface area contributed by atoms with Crippen LogP contribution in [0.2, 0.25) is 0 Å². The molecule has 27 heavy (non-hydrogen) atoms. The van der Waals surface area contributed by atoms with E-state index in [-0.39, 0.29) is 12.5 Å². The Bertz CT molecular complexity index is 727. The van der Waals surface area contributed by atoms with Crippen molar-refractivity contribution in [3.63, 3.8) is 0 Å². The molecule has 2 rings (SSSR count). The zero-order valence-corrected chi connectivity index (χ0v) is 16.7. The summed E-state index contributed by atoms with van der Waals surface area (Å²) in [5, 5.41) is 2.86. The molecule has 0 saturated carbocycles. The van der Waals surface area contributed by atoms with E-state index < -0.39 is 0 Å². The van der Waals surface area contributed by atoms with Gasteiger partial charge in [-0.1, -0.05) is 56.4 Å². The summed E-state index contributed by atoms with van der Waals surface area (Å²) in [6.45, 7) is 6.90. The molecule has 0 fully saturated rings. The van der Waals surface area contributed by atoms with Gasteiger partial charge < -0.3 is 14.8 Å². The predicted molar refractivity (Wildman–Crippen MR) is 111 cm³/mol. The SMILES string of the molecule is CCCCCCCOc1cccc(NC(=O)COc2ccc(C)cc2C)c1. The second-order valence-electron chi connectivity index (χ2n) is 6.90. The standard InChI is InChI=1S/C23H31NO3/c1-4-5-6-7-8-14-26-21-11-9-10-20(16-21)24-23(25)17-27-22-13-12-18(2)15-19(22)3/h9-13,15-16H,4-8,14,17H2,1-3H3,(H,24,25). The third kappa shape index (κ3) is 7.73. The maximum atomic E-state index is 12.2. The first-order valence-corrected chi connectivity index (χ1v) is 9.81. The van der Waals surface area contributed by atoms with Crippen molar-refractivity contribution >= 4 is 11.6 Å². The van der Waals surface area contributed by atoms with Crippen molar-refractivity contribution in [3.8, 4) is 11.5 Å². The maximum absolute atomic E-state index is 12.2. The Balaban J connectivity index is 1.76. The quantitative estimate of drug-likeness (QED) is 0.519. The monoisotopic (exact) mass is 369 g/mol. The van der Waals surface area contributed by atoms with E-state index in [1.165, 1.54) is 31.2 Å². The molecule has 0 unspecified atom stereocenters. The fourth-order valence-corrected chi connectivity index (χ4v) is 2.86. The van der Waals surface area contributed by atoms with Crippen molar-refractivity contribution in [2.45, 2.75) is 52.9 Å². The lowest BCUT2D eigenvalue weighted by atomic mass is 10.1. The lowest BCUT2D eigenvalue weighted by molar-refractivity contribution is -0.118. The van der Waals surface area contributed by atoms with E-state index in [0.717, 1.165) is 23.5 Å². The van der Waals surface area contributed by atoms with E-state index in [4.69, 9.17) is 9.47 Å². The minimum atomic E-state index is -0.188. The summed E-state index contributed by atoms with van der Waals surface area (Å²) in [5.74, 6) is 1.32. The summed E-state index contributed by atoms with van der Waals surface area (Å²) >= 11 is 0. The molecule has 0 saturated heterocycles. The molecule has 1 amide bonds. The molecule has 2 aromatic rings. The Kier molecular flexibility index (Phi) is 8.69. The van der Waals surface area contributed by atoms with Crippen molar-refractivity contribution < 1.29 is 14.3 Å². The summed E-state index contributed by atoms with van der Waals surface area (Å²) in [7, 11) is 0. The fraction of sp³-hybridized carbons (Fsp3) is 0.435. The Labute approximate surface area is 162 Å². The van der Waals surface area contributed by atoms with E-state index in [9.17, 15) is 4.79 Å². The van der Waals surface area contributed by atoms with Gasteiger partial charge in [-0.15, -0.1) is 0 Å². The van der Waals surface area contributed by atoms with Crippen LogP contribution >= 0.6 is 0 Å². The Morgan fingerprint density at radius 1 is 0.963 bits per heavy atom. The molecule has 4 heteroatoms. The van der Waals surface area contributed by atoms with Crippen LogP contribution in [0.4, 0.5) is 5.69 Å². The lowest BCUT2D eigenvalue weighted by Crippen LogP contribution is -2.20. The number of rotatable bonds is 11. The van der Waals surface area contributed by atoms with Gasteiger partial charge in [-0.2, -0.15) is 0 Å². The molecule has 1 N–H and O–H groups in total. The van der Waals surface area contributed by atoms with Crippen LogP contribution in [0.1, 0.15) is 50.2 Å². The zero-order chi connectivity index (χ0) is 19.5. The van der Waals surface area contributed by atoms with Crippen LogP contribution in [0.25, 0.3) is 0 Å². The minimum Gasteiger partial charge on any atom is -0.494 e. The summed E-state index contributed by atoms with van der Waals surface area (Å²) in [6, 6.07) is 13.4. The number of carbonyl (C=O) groups is 1. The topological polar surface area (TPSA) is 47.6 Å². The highest BCUT2D eigenvalue weighted by atomic mass is 16.5. The molecule has 0 atom stereocenters. The zero-order valence-electron chi connectivity index (χ0n) is 16.7. The van der Waals surface area contributed by atoms with Crippen LogP contribution in [0.3, 0.4) is 0 Å². The molecule has 146 valence electrons. The Morgan fingerprint density at radius 2 is 1.78 bits per heavy atom. The number of unbranched alkanes of at least 4 members (excludes halogenated alkanes) is 4. The maximum Gasteiger partial charge on any atom is 0.262 e. The molecule has 0 aromatic heterocycles. The first-order valence-electron chi connectivity index (χ1n) is 9.81. The predicted octanol–water partition coefficient (Wildman–Crippen LogP) is 5.67. The molecule has 0 radical (unpaired) electrons. The van der Waals surface area contributed by atoms with Gasteiger partial charge in [0.2, 0.25) is 0 Å². The van der Waals surface area contributed by atoms with Crippen LogP contribution in [-0.4, -0.2) is 19.1 Å². The molecular weight excluding hydrogens is 338 g/mol. The number of aryl methyl sites for hydroxylation is 2. The van der Waals surface area contributed by atoms with Gasteiger partial charge in [0.1, 0.15) is 11.5 Å². The molecule has 0 aliphatic rings. The molecule has 0 spiro atoms. The third-order valence-corrected chi connectivity index (χ3v) is 4.32. The Morgan fingerprint density at radius 3 is 2.56 bits per heavy atom. The van der Waals surface area contributed by atoms with Crippen molar-refractivity contribution in [1.29, 1.82) is 0 Å². The van der Waals surface area contributed by atoms with Gasteiger partial charge in [0.25, 0.3) is 5.91 Å². The number of hydrogen-bond donors (Lipinski definition) is 1. The molecule has 2 aromatic carbocycles. The van der Waals surface area contributed by atoms with Crippen LogP contribution in [0.5, 0.6) is 11.5 Å². The molecule has 0 aliphatic carbocycles. The van der Waals surface area contributed by atoms with Gasteiger partial charge in [0.05, 0.1) is 6.61 Å². The van der Waals surface area contributed by atoms with Crippen molar-refractivity contribution in [2.75, 3.05) is 18.5 Å². The van der Waals surface area contributed by atoms with Gasteiger partial charge >= 0.3 is 0 Å². The number of amides is 1. The van der Waals surface area contributed by atoms with E-state index in [0.29, 0.717) is 12.3 Å². The number of benzene rings is 2. The molecule has 0 heterocycles. The number of nitrogens with one attached hydrogen (secondary N) is 1. The van der Waals surface area contributed by atoms with Crippen LogP contribution in [-0.2, 0) is 4.79 Å². The number of carbonyl (C=O) groups excluding carboxylic acids is 1. The van der Waals surface area contributed by atoms with Crippen LogP contribution in [0.15, 0.2) is 42.5 Å². The first kappa shape index (κ1) is 20.8. The molecule has 0 aliphatic heterocycles. The highest BCUT2D eigenvalue weighted by Gasteiger charge is 2.06. The number of ether oxygens (including phenoxy) is 2. The summed E-state index contributed by atoms with van der Waals surface area (Å²) in [6.07, 6.45) is 6.04. The average Bonchev–Trinajstić information content (AvgIpc) is 2.64. The van der Waals surface area contributed by atoms with E-state index >= 15 is 0 Å². The minimum absolute atomic E-state index is 0.0214. The van der Waals surface area contributed by atoms with Crippen molar-refractivity contribution in [1.82, 2.24) is 0 Å². The normalized spacial score (nSPS) is 10.5. The second kappa shape index (κ2) is 11.3. The van der Waals surface area contributed by atoms with Gasteiger partial charge in [0.15, 0.2) is 6.61 Å². The average molecular weight is 370 g/mol. The van der Waals surface area contributed by atoms with Crippen LogP contribution in [0, 0.1) is 13.8 Å². The second-order valence-corrected chi connectivity index (χ2v) is 6.90. The highest BCUT2D eigenvalue weighted by molar-refractivity contribution is 5.92. The summed E-state index contributed by atoms with van der Waals surface area (Å²) in [5.41, 5.74) is 2.91. The lowest BCUT2D eigenvalue weighted by Gasteiger charge is -2.11. The summed E-state index contributed by atoms with van der Waals surface area (Å²) < 4.78 is 11.4. The number of anilines is 1. The van der Waals surface area contributed by atoms with Gasteiger partial charge in [-0.05, 0) is 44.0 Å². The smallest absolute Gasteiger partial charge is 0.262 e. The van der Waals surface area contributed by atoms with Gasteiger partial charge in [-0.25, -0.2) is 0 Å². The fourth-order valence-electron chi connectivity index (χ4n) is 2.86. The largest absolute Gasteiger partial charge is 0.494 e. The van der Waals surface area contributed by atoms with E-state index in [2.05, 4.69) is 12.2 Å². The van der Waals surface area contributed by atoms with E-state index in [1.54, 1.807) is 0 Å². The van der Waals surface area contributed by atoms with Crippen molar-refractivity contribution in [2.24, 2.45) is 0 Å². The van der Waals surface area contributed by atoms with Gasteiger partial charge in [0, 0.05) is 11.8 Å². The Hall–Kier alpha value is -2.49. The third-order valence-electron chi connectivity index (χ3n) is 4.32. The van der Waals surface area contributed by atoms with E-state index in [1.807, 2.05) is 56.3 Å². The molecule has 0 bridgehead atoms. The summed E-state index contributed by atoms with van der Waals surface area (Å²) in [4.78, 5) is 12.2. The highest BCUT2D eigenvalue weighted by Crippen LogP contribution is 2.20. The van der Waals surface area contributed by atoms with Crippen LogP contribution < -0.4 is 14.8 Å². The molecular formula is C23H31NO3. The van der Waals surface area contributed by atoms with Crippen molar-refractivity contribution in [3.05, 3.63) is 53.6 Å². The number of hydrogen-bond acceptors (Lipinski definition) is 3. The molecule has 4 nitrogen and oxygen atoms in total. The van der Waals surface area contributed by atoms with Gasteiger partial charge in [-0.3, -0.25) is 4.79 Å².